The van der Waals surface area contributed by atoms with E-state index in [0.717, 1.165) is 26.0 Å². The van der Waals surface area contributed by atoms with E-state index in [2.05, 4.69) is 15.3 Å². The molecule has 1 aliphatic rings. The maximum atomic E-state index is 8.57. The summed E-state index contributed by atoms with van der Waals surface area (Å²) in [7, 11) is 0. The molecule has 0 spiro atoms. The molecule has 2 rings (SSSR count). The van der Waals surface area contributed by atoms with Crippen molar-refractivity contribution in [1.29, 1.82) is 5.26 Å². The van der Waals surface area contributed by atoms with E-state index in [4.69, 9.17) is 10.00 Å². The second kappa shape index (κ2) is 5.42. The van der Waals surface area contributed by atoms with E-state index in [-0.39, 0.29) is 6.10 Å². The van der Waals surface area contributed by atoms with Crippen LogP contribution in [0.15, 0.2) is 12.4 Å². The van der Waals surface area contributed by atoms with Crippen molar-refractivity contribution in [2.24, 2.45) is 0 Å². The molecule has 0 bridgehead atoms. The molecule has 2 heterocycles. The van der Waals surface area contributed by atoms with Crippen LogP contribution in [0.1, 0.15) is 25.0 Å². The van der Waals surface area contributed by atoms with Gasteiger partial charge in [0.15, 0.2) is 5.69 Å². The number of nitriles is 1. The minimum atomic E-state index is 0.270. The number of nitrogens with zero attached hydrogens (tertiary/aromatic N) is 3. The molecule has 1 saturated heterocycles. The molecule has 1 aliphatic heterocycles. The van der Waals surface area contributed by atoms with Crippen LogP contribution in [0, 0.1) is 11.3 Å². The lowest BCUT2D eigenvalue weighted by atomic mass is 10.1. The number of hydrogen-bond acceptors (Lipinski definition) is 5. The van der Waals surface area contributed by atoms with Crippen molar-refractivity contribution >= 4 is 5.82 Å². The summed E-state index contributed by atoms with van der Waals surface area (Å²) < 4.78 is 5.58. The molecule has 1 fully saturated rings. The Balaban J connectivity index is 1.82. The highest BCUT2D eigenvalue weighted by Crippen LogP contribution is 2.13. The fourth-order valence-electron chi connectivity index (χ4n) is 1.66. The minimum absolute atomic E-state index is 0.270. The van der Waals surface area contributed by atoms with Crippen molar-refractivity contribution in [3.63, 3.8) is 0 Å². The molecule has 0 aliphatic carbocycles. The zero-order valence-corrected chi connectivity index (χ0v) is 9.02. The Morgan fingerprint density at radius 2 is 2.38 bits per heavy atom. The molecule has 1 aromatic heterocycles. The van der Waals surface area contributed by atoms with Gasteiger partial charge < -0.3 is 10.1 Å². The number of ether oxygens (including phenoxy) is 1. The zero-order valence-electron chi connectivity index (χ0n) is 9.02. The quantitative estimate of drug-likeness (QED) is 0.828. The molecule has 0 radical (unpaired) electrons. The third kappa shape index (κ3) is 2.91. The molecular weight excluding hydrogens is 204 g/mol. The Labute approximate surface area is 94.5 Å². The SMILES string of the molecule is N#Cc1cnc(NCC2CCCCO2)cn1. The van der Waals surface area contributed by atoms with E-state index in [0.29, 0.717) is 11.5 Å². The fourth-order valence-corrected chi connectivity index (χ4v) is 1.66. The summed E-state index contributed by atoms with van der Waals surface area (Å²) in [5.41, 5.74) is 0.333. The van der Waals surface area contributed by atoms with Crippen molar-refractivity contribution in [1.82, 2.24) is 9.97 Å². The topological polar surface area (TPSA) is 70.8 Å². The average Bonchev–Trinajstić information content (AvgIpc) is 2.38. The second-order valence-electron chi connectivity index (χ2n) is 3.77. The first-order chi connectivity index (χ1) is 7.88. The maximum absolute atomic E-state index is 8.57. The summed E-state index contributed by atoms with van der Waals surface area (Å²) in [6, 6.07) is 1.93. The Kier molecular flexibility index (Phi) is 3.67. The van der Waals surface area contributed by atoms with Crippen molar-refractivity contribution in [2.75, 3.05) is 18.5 Å². The van der Waals surface area contributed by atoms with E-state index >= 15 is 0 Å². The van der Waals surface area contributed by atoms with Gasteiger partial charge in [-0.2, -0.15) is 5.26 Å². The lowest BCUT2D eigenvalue weighted by molar-refractivity contribution is 0.0247. The van der Waals surface area contributed by atoms with Crippen molar-refractivity contribution in [3.05, 3.63) is 18.1 Å². The number of nitrogens with one attached hydrogen (secondary N) is 1. The van der Waals surface area contributed by atoms with Gasteiger partial charge in [0.05, 0.1) is 18.5 Å². The Morgan fingerprint density at radius 1 is 1.44 bits per heavy atom. The Hall–Kier alpha value is -1.67. The Bertz CT molecular complexity index is 365. The first-order valence-corrected chi connectivity index (χ1v) is 5.46. The second-order valence-corrected chi connectivity index (χ2v) is 3.77. The monoisotopic (exact) mass is 218 g/mol. The van der Waals surface area contributed by atoms with Crippen LogP contribution in [0.25, 0.3) is 0 Å². The molecule has 5 nitrogen and oxygen atoms in total. The molecule has 0 amide bonds. The summed E-state index contributed by atoms with van der Waals surface area (Å²) in [6.45, 7) is 1.60. The van der Waals surface area contributed by atoms with Crippen LogP contribution >= 0.6 is 0 Å². The summed E-state index contributed by atoms with van der Waals surface area (Å²) in [4.78, 5) is 8.02. The van der Waals surface area contributed by atoms with Gasteiger partial charge >= 0.3 is 0 Å². The highest BCUT2D eigenvalue weighted by atomic mass is 16.5. The van der Waals surface area contributed by atoms with E-state index in [1.807, 2.05) is 6.07 Å². The lowest BCUT2D eigenvalue weighted by Crippen LogP contribution is -2.27. The third-order valence-corrected chi connectivity index (χ3v) is 2.55. The maximum Gasteiger partial charge on any atom is 0.158 e. The van der Waals surface area contributed by atoms with Crippen LogP contribution in [-0.4, -0.2) is 29.2 Å². The molecule has 1 unspecified atom stereocenters. The average molecular weight is 218 g/mol. The number of rotatable bonds is 3. The molecule has 5 heteroatoms. The van der Waals surface area contributed by atoms with E-state index < -0.39 is 0 Å². The summed E-state index contributed by atoms with van der Waals surface area (Å²) in [5, 5.41) is 11.7. The van der Waals surface area contributed by atoms with Gasteiger partial charge in [-0.05, 0) is 19.3 Å². The predicted octanol–water partition coefficient (Wildman–Crippen LogP) is 1.33. The van der Waals surface area contributed by atoms with Crippen molar-refractivity contribution in [2.45, 2.75) is 25.4 Å². The number of hydrogen-bond donors (Lipinski definition) is 1. The Morgan fingerprint density at radius 3 is 3.00 bits per heavy atom. The zero-order chi connectivity index (χ0) is 11.2. The van der Waals surface area contributed by atoms with Gasteiger partial charge in [-0.3, -0.25) is 0 Å². The number of anilines is 1. The van der Waals surface area contributed by atoms with Gasteiger partial charge in [0.25, 0.3) is 0 Å². The summed E-state index contributed by atoms with van der Waals surface area (Å²) in [6.07, 6.45) is 6.78. The summed E-state index contributed by atoms with van der Waals surface area (Å²) >= 11 is 0. The highest BCUT2D eigenvalue weighted by molar-refractivity contribution is 5.33. The normalized spacial score (nSPS) is 20.1. The lowest BCUT2D eigenvalue weighted by Gasteiger charge is -2.22. The molecule has 0 aromatic carbocycles. The number of aromatic nitrogens is 2. The van der Waals surface area contributed by atoms with Crippen LogP contribution in [0.2, 0.25) is 0 Å². The van der Waals surface area contributed by atoms with Crippen LogP contribution < -0.4 is 5.32 Å². The van der Waals surface area contributed by atoms with E-state index in [9.17, 15) is 0 Å². The molecule has 1 N–H and O–H groups in total. The fraction of sp³-hybridized carbons (Fsp3) is 0.545. The molecule has 1 atom stereocenters. The minimum Gasteiger partial charge on any atom is -0.376 e. The van der Waals surface area contributed by atoms with Crippen LogP contribution in [0.4, 0.5) is 5.82 Å². The first-order valence-electron chi connectivity index (χ1n) is 5.46. The van der Waals surface area contributed by atoms with Crippen LogP contribution in [-0.2, 0) is 4.74 Å². The smallest absolute Gasteiger partial charge is 0.158 e. The highest BCUT2D eigenvalue weighted by Gasteiger charge is 2.13. The van der Waals surface area contributed by atoms with E-state index in [1.54, 1.807) is 6.20 Å². The molecule has 0 saturated carbocycles. The first kappa shape index (κ1) is 10.8. The summed E-state index contributed by atoms with van der Waals surface area (Å²) in [5.74, 6) is 0.688. The molecule has 1 aromatic rings. The molecular formula is C11H14N4O. The van der Waals surface area contributed by atoms with Crippen molar-refractivity contribution in [3.8, 4) is 6.07 Å². The van der Waals surface area contributed by atoms with Gasteiger partial charge in [0, 0.05) is 13.2 Å². The molecule has 16 heavy (non-hydrogen) atoms. The largest absolute Gasteiger partial charge is 0.376 e. The van der Waals surface area contributed by atoms with Gasteiger partial charge in [-0.1, -0.05) is 0 Å². The van der Waals surface area contributed by atoms with Gasteiger partial charge in [0.1, 0.15) is 11.9 Å². The van der Waals surface area contributed by atoms with Crippen LogP contribution in [0.3, 0.4) is 0 Å². The van der Waals surface area contributed by atoms with Crippen molar-refractivity contribution < 1.29 is 4.74 Å². The van der Waals surface area contributed by atoms with E-state index in [1.165, 1.54) is 12.6 Å². The van der Waals surface area contributed by atoms with Gasteiger partial charge in [-0.15, -0.1) is 0 Å². The predicted molar refractivity (Wildman–Crippen MR) is 58.8 cm³/mol. The standard InChI is InChI=1S/C11H14N4O/c12-5-9-6-14-11(8-13-9)15-7-10-3-1-2-4-16-10/h6,8,10H,1-4,7H2,(H,14,15). The molecule has 84 valence electrons. The van der Waals surface area contributed by atoms with Gasteiger partial charge in [0.2, 0.25) is 0 Å². The third-order valence-electron chi connectivity index (χ3n) is 2.55. The van der Waals surface area contributed by atoms with Gasteiger partial charge in [-0.25, -0.2) is 9.97 Å². The van der Waals surface area contributed by atoms with Crippen LogP contribution in [0.5, 0.6) is 0 Å².